The lowest BCUT2D eigenvalue weighted by Crippen LogP contribution is -2.20. The molecule has 0 saturated carbocycles. The van der Waals surface area contributed by atoms with E-state index in [0.717, 1.165) is 5.56 Å². The minimum absolute atomic E-state index is 0.0221. The third-order valence-electron chi connectivity index (χ3n) is 3.95. The van der Waals surface area contributed by atoms with E-state index in [2.05, 4.69) is 23.9 Å². The molecule has 0 radical (unpaired) electrons. The molecule has 0 unspecified atom stereocenters. The second kappa shape index (κ2) is 8.38. The molecular weight excluding hydrogens is 334 g/mol. The summed E-state index contributed by atoms with van der Waals surface area (Å²) in [5.74, 6) is -0.472. The van der Waals surface area contributed by atoms with Crippen LogP contribution in [0.2, 0.25) is 0 Å². The van der Waals surface area contributed by atoms with Gasteiger partial charge in [0.2, 0.25) is 0 Å². The number of hydrogen-bond acceptors (Lipinski definition) is 5. The SMILES string of the molecule is COC(=O)c1cccc(NC(=O)COc2ccc(C(C)C)c(C)c2)c1O. The summed E-state index contributed by atoms with van der Waals surface area (Å²) >= 11 is 0. The molecule has 2 aromatic rings. The van der Waals surface area contributed by atoms with Crippen LogP contribution in [0.3, 0.4) is 0 Å². The summed E-state index contributed by atoms with van der Waals surface area (Å²) in [6.07, 6.45) is 0. The number of ether oxygens (including phenoxy) is 2. The summed E-state index contributed by atoms with van der Waals surface area (Å²) < 4.78 is 10.1. The molecule has 0 aliphatic rings. The van der Waals surface area contributed by atoms with E-state index < -0.39 is 11.9 Å². The first-order valence-electron chi connectivity index (χ1n) is 8.27. The van der Waals surface area contributed by atoms with Gasteiger partial charge in [0.15, 0.2) is 12.4 Å². The average molecular weight is 357 g/mol. The largest absolute Gasteiger partial charge is 0.505 e. The zero-order valence-corrected chi connectivity index (χ0v) is 15.3. The van der Waals surface area contributed by atoms with Crippen molar-refractivity contribution >= 4 is 17.6 Å². The second-order valence-corrected chi connectivity index (χ2v) is 6.20. The number of anilines is 1. The lowest BCUT2D eigenvalue weighted by molar-refractivity contribution is -0.118. The van der Waals surface area contributed by atoms with Crippen molar-refractivity contribution in [3.05, 3.63) is 53.1 Å². The number of aryl methyl sites for hydroxylation is 1. The molecule has 26 heavy (non-hydrogen) atoms. The van der Waals surface area contributed by atoms with Crippen molar-refractivity contribution in [1.29, 1.82) is 0 Å². The minimum Gasteiger partial charge on any atom is -0.505 e. The molecule has 0 aromatic heterocycles. The molecular formula is C20H23NO5. The first-order valence-corrected chi connectivity index (χ1v) is 8.27. The Balaban J connectivity index is 2.02. The Bertz CT molecular complexity index is 814. The minimum atomic E-state index is -0.685. The fraction of sp³-hybridized carbons (Fsp3) is 0.300. The molecule has 0 heterocycles. The number of esters is 1. The second-order valence-electron chi connectivity index (χ2n) is 6.20. The van der Waals surface area contributed by atoms with Gasteiger partial charge in [0, 0.05) is 0 Å². The number of para-hydroxylation sites is 1. The predicted octanol–water partition coefficient (Wildman–Crippen LogP) is 3.63. The van der Waals surface area contributed by atoms with Gasteiger partial charge >= 0.3 is 5.97 Å². The number of carbonyl (C=O) groups is 2. The molecule has 138 valence electrons. The topological polar surface area (TPSA) is 84.9 Å². The van der Waals surface area contributed by atoms with Gasteiger partial charge < -0.3 is 19.9 Å². The van der Waals surface area contributed by atoms with E-state index in [0.29, 0.717) is 11.7 Å². The molecule has 0 fully saturated rings. The summed E-state index contributed by atoms with van der Waals surface area (Å²) in [5.41, 5.74) is 2.42. The Kier molecular flexibility index (Phi) is 6.22. The van der Waals surface area contributed by atoms with Gasteiger partial charge in [-0.1, -0.05) is 26.0 Å². The Hall–Kier alpha value is -3.02. The molecule has 2 aromatic carbocycles. The smallest absolute Gasteiger partial charge is 0.341 e. The molecule has 1 amide bonds. The van der Waals surface area contributed by atoms with Crippen molar-refractivity contribution in [2.75, 3.05) is 19.0 Å². The van der Waals surface area contributed by atoms with Gasteiger partial charge in [0.1, 0.15) is 11.3 Å². The number of benzene rings is 2. The van der Waals surface area contributed by atoms with Crippen LogP contribution in [0.5, 0.6) is 11.5 Å². The molecule has 2 rings (SSSR count). The molecule has 0 aliphatic carbocycles. The lowest BCUT2D eigenvalue weighted by Gasteiger charge is -2.13. The summed E-state index contributed by atoms with van der Waals surface area (Å²) in [4.78, 5) is 23.7. The van der Waals surface area contributed by atoms with Crippen LogP contribution in [-0.4, -0.2) is 30.7 Å². The maximum absolute atomic E-state index is 12.1. The Morgan fingerprint density at radius 1 is 1.19 bits per heavy atom. The first kappa shape index (κ1) is 19.3. The van der Waals surface area contributed by atoms with E-state index >= 15 is 0 Å². The van der Waals surface area contributed by atoms with Gasteiger partial charge in [0.25, 0.3) is 5.91 Å². The van der Waals surface area contributed by atoms with Gasteiger partial charge in [-0.05, 0) is 48.2 Å². The number of phenolic OH excluding ortho intramolecular Hbond substituents is 1. The lowest BCUT2D eigenvalue weighted by atomic mass is 9.98. The van der Waals surface area contributed by atoms with Gasteiger partial charge in [-0.3, -0.25) is 4.79 Å². The average Bonchev–Trinajstić information content (AvgIpc) is 2.61. The van der Waals surface area contributed by atoms with E-state index in [4.69, 9.17) is 4.74 Å². The van der Waals surface area contributed by atoms with Crippen LogP contribution < -0.4 is 10.1 Å². The third-order valence-corrected chi connectivity index (χ3v) is 3.95. The maximum Gasteiger partial charge on any atom is 0.341 e. The van der Waals surface area contributed by atoms with Crippen molar-refractivity contribution in [2.45, 2.75) is 26.7 Å². The fourth-order valence-corrected chi connectivity index (χ4v) is 2.64. The van der Waals surface area contributed by atoms with Crippen LogP contribution in [0, 0.1) is 6.92 Å². The van der Waals surface area contributed by atoms with Crippen LogP contribution in [0.1, 0.15) is 41.3 Å². The van der Waals surface area contributed by atoms with E-state index in [1.807, 2.05) is 25.1 Å². The number of carbonyl (C=O) groups excluding carboxylic acids is 2. The quantitative estimate of drug-likeness (QED) is 0.609. The Morgan fingerprint density at radius 3 is 2.54 bits per heavy atom. The highest BCUT2D eigenvalue weighted by atomic mass is 16.5. The molecule has 0 bridgehead atoms. The molecule has 2 N–H and O–H groups in total. The number of rotatable bonds is 6. The van der Waals surface area contributed by atoms with E-state index in [1.165, 1.54) is 30.9 Å². The van der Waals surface area contributed by atoms with Crippen molar-refractivity contribution < 1.29 is 24.2 Å². The third kappa shape index (κ3) is 4.53. The number of nitrogens with one attached hydrogen (secondary N) is 1. The first-order chi connectivity index (χ1) is 12.3. The summed E-state index contributed by atoms with van der Waals surface area (Å²) in [6.45, 7) is 6.01. The van der Waals surface area contributed by atoms with E-state index in [-0.39, 0.29) is 23.6 Å². The highest BCUT2D eigenvalue weighted by molar-refractivity contribution is 5.98. The predicted molar refractivity (Wildman–Crippen MR) is 98.8 cm³/mol. The molecule has 0 atom stereocenters. The number of phenols is 1. The number of aromatic hydroxyl groups is 1. The van der Waals surface area contributed by atoms with Crippen LogP contribution in [-0.2, 0) is 9.53 Å². The summed E-state index contributed by atoms with van der Waals surface area (Å²) in [6, 6.07) is 10.1. The fourth-order valence-electron chi connectivity index (χ4n) is 2.64. The Morgan fingerprint density at radius 2 is 1.92 bits per heavy atom. The van der Waals surface area contributed by atoms with Crippen LogP contribution in [0.25, 0.3) is 0 Å². The monoisotopic (exact) mass is 357 g/mol. The zero-order chi connectivity index (χ0) is 19.3. The highest BCUT2D eigenvalue weighted by Gasteiger charge is 2.16. The number of methoxy groups -OCH3 is 1. The van der Waals surface area contributed by atoms with Crippen molar-refractivity contribution in [3.8, 4) is 11.5 Å². The van der Waals surface area contributed by atoms with Crippen LogP contribution >= 0.6 is 0 Å². The zero-order valence-electron chi connectivity index (χ0n) is 15.3. The van der Waals surface area contributed by atoms with E-state index in [1.54, 1.807) is 0 Å². The molecule has 6 nitrogen and oxygen atoms in total. The van der Waals surface area contributed by atoms with Gasteiger partial charge in [-0.15, -0.1) is 0 Å². The van der Waals surface area contributed by atoms with Gasteiger partial charge in [-0.2, -0.15) is 0 Å². The van der Waals surface area contributed by atoms with Gasteiger partial charge in [-0.25, -0.2) is 4.79 Å². The molecule has 0 aliphatic heterocycles. The molecule has 0 spiro atoms. The summed E-state index contributed by atoms with van der Waals surface area (Å²) in [7, 11) is 1.22. The van der Waals surface area contributed by atoms with Crippen molar-refractivity contribution in [1.82, 2.24) is 0 Å². The van der Waals surface area contributed by atoms with E-state index in [9.17, 15) is 14.7 Å². The molecule has 6 heteroatoms. The van der Waals surface area contributed by atoms with Crippen molar-refractivity contribution in [3.63, 3.8) is 0 Å². The number of amides is 1. The normalized spacial score (nSPS) is 10.5. The van der Waals surface area contributed by atoms with Crippen molar-refractivity contribution in [2.24, 2.45) is 0 Å². The maximum atomic E-state index is 12.1. The number of hydrogen-bond donors (Lipinski definition) is 2. The standard InChI is InChI=1S/C20H23NO5/c1-12(2)15-9-8-14(10-13(15)3)26-11-18(22)21-17-7-5-6-16(19(17)23)20(24)25-4/h5-10,12,23H,11H2,1-4H3,(H,21,22). The Labute approximate surface area is 152 Å². The van der Waals surface area contributed by atoms with Gasteiger partial charge in [0.05, 0.1) is 12.8 Å². The van der Waals surface area contributed by atoms with Crippen LogP contribution in [0.15, 0.2) is 36.4 Å². The summed E-state index contributed by atoms with van der Waals surface area (Å²) in [5, 5.41) is 12.6. The highest BCUT2D eigenvalue weighted by Crippen LogP contribution is 2.28. The molecule has 0 saturated heterocycles. The van der Waals surface area contributed by atoms with Crippen LogP contribution in [0.4, 0.5) is 5.69 Å².